The lowest BCUT2D eigenvalue weighted by atomic mass is 10.1. The van der Waals surface area contributed by atoms with E-state index in [-0.39, 0.29) is 0 Å². The van der Waals surface area contributed by atoms with Crippen LogP contribution in [0.3, 0.4) is 0 Å². The number of anilines is 3. The van der Waals surface area contributed by atoms with Gasteiger partial charge in [-0.15, -0.1) is 0 Å². The number of nitrogen functional groups attached to an aromatic ring is 1. The standard InChI is InChI=1S/C14H22N6O/c1-18-6-8-20(9-7-18)13-10-12(16-14(15)17-13)19-4-2-11(21)3-5-19/h10H,2-9H2,1H3,(H2,15,16,17). The smallest absolute Gasteiger partial charge is 0.223 e. The van der Waals surface area contributed by atoms with Crippen molar-refractivity contribution in [2.75, 3.05) is 61.8 Å². The van der Waals surface area contributed by atoms with E-state index < -0.39 is 0 Å². The molecule has 1 aromatic rings. The van der Waals surface area contributed by atoms with Gasteiger partial charge in [0.1, 0.15) is 17.4 Å². The van der Waals surface area contributed by atoms with Gasteiger partial charge in [0, 0.05) is 58.2 Å². The number of hydrogen-bond acceptors (Lipinski definition) is 7. The summed E-state index contributed by atoms with van der Waals surface area (Å²) >= 11 is 0. The quantitative estimate of drug-likeness (QED) is 0.820. The van der Waals surface area contributed by atoms with Crippen molar-refractivity contribution in [1.29, 1.82) is 0 Å². The van der Waals surface area contributed by atoms with E-state index >= 15 is 0 Å². The first-order valence-electron chi connectivity index (χ1n) is 7.46. The molecule has 7 nitrogen and oxygen atoms in total. The number of ketones is 1. The fraction of sp³-hybridized carbons (Fsp3) is 0.643. The van der Waals surface area contributed by atoms with Crippen molar-refractivity contribution in [2.24, 2.45) is 0 Å². The molecule has 2 fully saturated rings. The molecule has 2 saturated heterocycles. The van der Waals surface area contributed by atoms with Gasteiger partial charge < -0.3 is 20.4 Å². The maximum atomic E-state index is 11.4. The van der Waals surface area contributed by atoms with E-state index in [0.29, 0.717) is 24.6 Å². The van der Waals surface area contributed by atoms with Gasteiger partial charge in [-0.25, -0.2) is 0 Å². The lowest BCUT2D eigenvalue weighted by molar-refractivity contribution is -0.119. The Morgan fingerprint density at radius 1 is 0.952 bits per heavy atom. The van der Waals surface area contributed by atoms with Crippen LogP contribution in [-0.4, -0.2) is 67.0 Å². The number of piperidine rings is 1. The molecule has 0 amide bonds. The van der Waals surface area contributed by atoms with E-state index in [9.17, 15) is 4.79 Å². The molecule has 2 aliphatic heterocycles. The number of carbonyl (C=O) groups is 1. The molecule has 0 saturated carbocycles. The van der Waals surface area contributed by atoms with Crippen molar-refractivity contribution in [3.8, 4) is 0 Å². The average molecular weight is 290 g/mol. The highest BCUT2D eigenvalue weighted by Crippen LogP contribution is 2.23. The molecule has 2 N–H and O–H groups in total. The van der Waals surface area contributed by atoms with E-state index in [0.717, 1.165) is 50.9 Å². The first-order valence-corrected chi connectivity index (χ1v) is 7.46. The van der Waals surface area contributed by atoms with Crippen LogP contribution in [0, 0.1) is 0 Å². The summed E-state index contributed by atoms with van der Waals surface area (Å²) in [7, 11) is 2.13. The second-order valence-electron chi connectivity index (χ2n) is 5.76. The van der Waals surface area contributed by atoms with Crippen molar-refractivity contribution in [1.82, 2.24) is 14.9 Å². The lowest BCUT2D eigenvalue weighted by Crippen LogP contribution is -2.45. The molecule has 2 aliphatic rings. The van der Waals surface area contributed by atoms with Crippen LogP contribution in [0.15, 0.2) is 6.07 Å². The zero-order valence-electron chi connectivity index (χ0n) is 12.5. The molecule has 0 aromatic carbocycles. The van der Waals surface area contributed by atoms with E-state index in [1.54, 1.807) is 0 Å². The van der Waals surface area contributed by atoms with Crippen LogP contribution in [-0.2, 0) is 4.79 Å². The van der Waals surface area contributed by atoms with Gasteiger partial charge in [-0.2, -0.15) is 9.97 Å². The van der Waals surface area contributed by atoms with Crippen LogP contribution < -0.4 is 15.5 Å². The molecule has 3 heterocycles. The van der Waals surface area contributed by atoms with Gasteiger partial charge >= 0.3 is 0 Å². The molecule has 21 heavy (non-hydrogen) atoms. The summed E-state index contributed by atoms with van der Waals surface area (Å²) in [5.41, 5.74) is 5.87. The van der Waals surface area contributed by atoms with E-state index in [1.165, 1.54) is 0 Å². The predicted octanol–water partition coefficient (Wildman–Crippen LogP) is -0.0201. The molecule has 0 spiro atoms. The fourth-order valence-corrected chi connectivity index (χ4v) is 2.78. The second kappa shape index (κ2) is 5.85. The van der Waals surface area contributed by atoms with Gasteiger partial charge in [0.25, 0.3) is 0 Å². The van der Waals surface area contributed by atoms with E-state index in [2.05, 4.69) is 31.7 Å². The average Bonchev–Trinajstić information content (AvgIpc) is 2.48. The van der Waals surface area contributed by atoms with E-state index in [4.69, 9.17) is 5.73 Å². The summed E-state index contributed by atoms with van der Waals surface area (Å²) in [6.45, 7) is 5.39. The Kier molecular flexibility index (Phi) is 3.92. The van der Waals surface area contributed by atoms with Crippen LogP contribution in [0.2, 0.25) is 0 Å². The number of aromatic nitrogens is 2. The molecular formula is C14H22N6O. The van der Waals surface area contributed by atoms with Crippen LogP contribution in [0.25, 0.3) is 0 Å². The van der Waals surface area contributed by atoms with Gasteiger partial charge in [0.15, 0.2) is 0 Å². The Balaban J connectivity index is 1.78. The van der Waals surface area contributed by atoms with Crippen LogP contribution in [0.1, 0.15) is 12.8 Å². The number of likely N-dealkylation sites (N-methyl/N-ethyl adjacent to an activating group) is 1. The monoisotopic (exact) mass is 290 g/mol. The minimum absolute atomic E-state index is 0.304. The lowest BCUT2D eigenvalue weighted by Gasteiger charge is -2.34. The van der Waals surface area contributed by atoms with Crippen LogP contribution in [0.4, 0.5) is 17.6 Å². The predicted molar refractivity (Wildman–Crippen MR) is 82.6 cm³/mol. The SMILES string of the molecule is CN1CCN(c2cc(N3CCC(=O)CC3)nc(N)n2)CC1. The van der Waals surface area contributed by atoms with Crippen LogP contribution in [0.5, 0.6) is 0 Å². The second-order valence-corrected chi connectivity index (χ2v) is 5.76. The molecule has 114 valence electrons. The highest BCUT2D eigenvalue weighted by Gasteiger charge is 2.21. The van der Waals surface area contributed by atoms with Gasteiger partial charge in [-0.05, 0) is 7.05 Å². The van der Waals surface area contributed by atoms with Crippen molar-refractivity contribution in [3.05, 3.63) is 6.07 Å². The first-order chi connectivity index (χ1) is 10.1. The summed E-state index contributed by atoms with van der Waals surface area (Å²) in [5.74, 6) is 2.36. The summed E-state index contributed by atoms with van der Waals surface area (Å²) in [5, 5.41) is 0. The Hall–Kier alpha value is -1.89. The third-order valence-corrected chi connectivity index (χ3v) is 4.19. The number of nitrogens with two attached hydrogens (primary N) is 1. The third kappa shape index (κ3) is 3.24. The maximum absolute atomic E-state index is 11.4. The number of hydrogen-bond donors (Lipinski definition) is 1. The third-order valence-electron chi connectivity index (χ3n) is 4.19. The Bertz CT molecular complexity index is 516. The molecule has 0 radical (unpaired) electrons. The zero-order valence-corrected chi connectivity index (χ0v) is 12.5. The molecule has 0 bridgehead atoms. The van der Waals surface area contributed by atoms with Crippen molar-refractivity contribution in [3.63, 3.8) is 0 Å². The normalized spacial score (nSPS) is 20.9. The summed E-state index contributed by atoms with van der Waals surface area (Å²) in [6, 6.07) is 2.00. The molecule has 3 rings (SSSR count). The molecule has 0 atom stereocenters. The highest BCUT2D eigenvalue weighted by atomic mass is 16.1. The minimum atomic E-state index is 0.304. The topological polar surface area (TPSA) is 78.6 Å². The number of Topliss-reactive ketones (excluding diaryl/α,β-unsaturated/α-hetero) is 1. The minimum Gasteiger partial charge on any atom is -0.368 e. The van der Waals surface area contributed by atoms with Gasteiger partial charge in [0.05, 0.1) is 0 Å². The van der Waals surface area contributed by atoms with Gasteiger partial charge in [0.2, 0.25) is 5.95 Å². The Morgan fingerprint density at radius 2 is 1.48 bits per heavy atom. The summed E-state index contributed by atoms with van der Waals surface area (Å²) in [4.78, 5) is 26.7. The van der Waals surface area contributed by atoms with Crippen molar-refractivity contribution in [2.45, 2.75) is 12.8 Å². The largest absolute Gasteiger partial charge is 0.368 e. The highest BCUT2D eigenvalue weighted by molar-refractivity contribution is 5.81. The number of carbonyl (C=O) groups excluding carboxylic acids is 1. The molecule has 0 aliphatic carbocycles. The zero-order chi connectivity index (χ0) is 14.8. The number of nitrogens with zero attached hydrogens (tertiary/aromatic N) is 5. The van der Waals surface area contributed by atoms with Crippen molar-refractivity contribution >= 4 is 23.4 Å². The summed E-state index contributed by atoms with van der Waals surface area (Å²) in [6.07, 6.45) is 1.18. The van der Waals surface area contributed by atoms with Crippen LogP contribution >= 0.6 is 0 Å². The molecule has 0 unspecified atom stereocenters. The van der Waals surface area contributed by atoms with Crippen molar-refractivity contribution < 1.29 is 4.79 Å². The van der Waals surface area contributed by atoms with Gasteiger partial charge in [-0.3, -0.25) is 4.79 Å². The number of rotatable bonds is 2. The molecular weight excluding hydrogens is 268 g/mol. The summed E-state index contributed by atoms with van der Waals surface area (Å²) < 4.78 is 0. The fourth-order valence-electron chi connectivity index (χ4n) is 2.78. The molecule has 1 aromatic heterocycles. The van der Waals surface area contributed by atoms with E-state index in [1.807, 2.05) is 6.07 Å². The van der Waals surface area contributed by atoms with Gasteiger partial charge in [-0.1, -0.05) is 0 Å². The first kappa shape index (κ1) is 14.1. The maximum Gasteiger partial charge on any atom is 0.223 e. The molecule has 7 heteroatoms. The Labute approximate surface area is 124 Å². The Morgan fingerprint density at radius 3 is 2.05 bits per heavy atom. The number of piperazine rings is 1.